The number of anilines is 1. The molecule has 20 heavy (non-hydrogen) atoms. The van der Waals surface area contributed by atoms with E-state index in [1.807, 2.05) is 0 Å². The van der Waals surface area contributed by atoms with Gasteiger partial charge in [0.15, 0.2) is 0 Å². The lowest BCUT2D eigenvalue weighted by atomic mass is 9.95. The van der Waals surface area contributed by atoms with Crippen molar-refractivity contribution in [2.24, 2.45) is 0 Å². The number of carbonyl (C=O) groups is 1. The third kappa shape index (κ3) is 2.20. The van der Waals surface area contributed by atoms with Gasteiger partial charge in [0.05, 0.1) is 34.4 Å². The van der Waals surface area contributed by atoms with Gasteiger partial charge in [0.2, 0.25) is 0 Å². The Bertz CT molecular complexity index is 574. The van der Waals surface area contributed by atoms with Crippen LogP contribution in [-0.4, -0.2) is 34.2 Å². The number of nitro benzene ring substituents is 1. The number of nitrogens with one attached hydrogen (secondary N) is 1. The van der Waals surface area contributed by atoms with E-state index in [-0.39, 0.29) is 35.2 Å². The number of non-ortho nitro benzene ring substituents is 1. The van der Waals surface area contributed by atoms with Crippen molar-refractivity contribution < 1.29 is 19.6 Å². The summed E-state index contributed by atoms with van der Waals surface area (Å²) in [5.74, 6) is -1.11. The van der Waals surface area contributed by atoms with Gasteiger partial charge in [-0.2, -0.15) is 0 Å². The van der Waals surface area contributed by atoms with Crippen LogP contribution in [0.1, 0.15) is 29.6 Å². The summed E-state index contributed by atoms with van der Waals surface area (Å²) in [4.78, 5) is 21.5. The van der Waals surface area contributed by atoms with Gasteiger partial charge in [0.1, 0.15) is 0 Å². The van der Waals surface area contributed by atoms with E-state index in [2.05, 4.69) is 5.32 Å². The average Bonchev–Trinajstić information content (AvgIpc) is 3.00. The third-order valence-electron chi connectivity index (χ3n) is 3.89. The second kappa shape index (κ2) is 4.75. The number of fused-ring (bicyclic) bond motifs is 2. The lowest BCUT2D eigenvalue weighted by molar-refractivity contribution is -0.384. The molecule has 0 spiro atoms. The summed E-state index contributed by atoms with van der Waals surface area (Å²) in [6.07, 6.45) is 3.08. The normalized spacial score (nSPS) is 27.5. The number of carboxylic acid groups (broad SMARTS) is 1. The van der Waals surface area contributed by atoms with Crippen LogP contribution in [0.3, 0.4) is 0 Å². The van der Waals surface area contributed by atoms with Crippen LogP contribution < -0.4 is 5.32 Å². The highest BCUT2D eigenvalue weighted by Crippen LogP contribution is 2.37. The first-order valence-corrected chi connectivity index (χ1v) is 6.48. The van der Waals surface area contributed by atoms with Crippen molar-refractivity contribution in [1.29, 1.82) is 0 Å². The largest absolute Gasteiger partial charge is 0.478 e. The Morgan fingerprint density at radius 3 is 2.80 bits per heavy atom. The van der Waals surface area contributed by atoms with E-state index in [0.717, 1.165) is 19.3 Å². The fourth-order valence-corrected chi connectivity index (χ4v) is 2.94. The highest BCUT2D eigenvalue weighted by atomic mass is 16.6. The molecule has 3 rings (SSSR count). The molecule has 7 nitrogen and oxygen atoms in total. The highest BCUT2D eigenvalue weighted by molar-refractivity contribution is 5.94. The van der Waals surface area contributed by atoms with Crippen LogP contribution in [0.15, 0.2) is 18.2 Å². The van der Waals surface area contributed by atoms with Gasteiger partial charge in [-0.1, -0.05) is 0 Å². The number of nitro groups is 1. The molecule has 0 amide bonds. The smallest absolute Gasteiger partial charge is 0.337 e. The Kier molecular flexibility index (Phi) is 3.06. The molecule has 1 aromatic carbocycles. The Morgan fingerprint density at radius 2 is 2.25 bits per heavy atom. The quantitative estimate of drug-likeness (QED) is 0.645. The number of nitrogens with zero attached hydrogens (tertiary/aromatic N) is 1. The van der Waals surface area contributed by atoms with Crippen molar-refractivity contribution in [3.05, 3.63) is 33.9 Å². The maximum Gasteiger partial charge on any atom is 0.337 e. The van der Waals surface area contributed by atoms with Gasteiger partial charge in [0.25, 0.3) is 5.69 Å². The third-order valence-corrected chi connectivity index (χ3v) is 3.89. The van der Waals surface area contributed by atoms with Crippen LogP contribution in [0, 0.1) is 10.1 Å². The summed E-state index contributed by atoms with van der Waals surface area (Å²) in [6, 6.07) is 3.76. The number of hydrogen-bond donors (Lipinski definition) is 2. The highest BCUT2D eigenvalue weighted by Gasteiger charge is 2.41. The Balaban J connectivity index is 1.88. The van der Waals surface area contributed by atoms with E-state index < -0.39 is 10.9 Å². The van der Waals surface area contributed by atoms with Gasteiger partial charge < -0.3 is 15.2 Å². The van der Waals surface area contributed by atoms with Crippen molar-refractivity contribution >= 4 is 17.3 Å². The van der Waals surface area contributed by atoms with Crippen molar-refractivity contribution in [2.45, 2.75) is 37.5 Å². The predicted octanol–water partition coefficient (Wildman–Crippen LogP) is 2.02. The monoisotopic (exact) mass is 278 g/mol. The second-order valence-electron chi connectivity index (χ2n) is 5.15. The molecule has 2 saturated heterocycles. The minimum Gasteiger partial charge on any atom is -0.478 e. The molecule has 2 bridgehead atoms. The molecule has 3 atom stereocenters. The average molecular weight is 278 g/mol. The topological polar surface area (TPSA) is 102 Å². The number of hydrogen-bond acceptors (Lipinski definition) is 5. The Hall–Kier alpha value is -2.15. The molecule has 7 heteroatoms. The van der Waals surface area contributed by atoms with E-state index >= 15 is 0 Å². The molecule has 2 aliphatic heterocycles. The van der Waals surface area contributed by atoms with Gasteiger partial charge in [-0.25, -0.2) is 4.79 Å². The molecule has 2 heterocycles. The number of ether oxygens (including phenoxy) is 1. The van der Waals surface area contributed by atoms with E-state index in [1.165, 1.54) is 18.2 Å². The van der Waals surface area contributed by atoms with Crippen molar-refractivity contribution in [3.8, 4) is 0 Å². The SMILES string of the molecule is O=C(O)c1ccc([N+](=O)[O-])cc1NC1CC2CCC1O2. The van der Waals surface area contributed by atoms with Crippen LogP contribution in [0.4, 0.5) is 11.4 Å². The summed E-state index contributed by atoms with van der Waals surface area (Å²) in [5.41, 5.74) is 0.202. The summed E-state index contributed by atoms with van der Waals surface area (Å²) in [6.45, 7) is 0. The molecule has 3 unspecified atom stereocenters. The standard InChI is InChI=1S/C13H14N2O5/c16-13(17)9-3-1-7(15(18)19)5-10(9)14-11-6-8-2-4-12(11)20-8/h1,3,5,8,11-12,14H,2,4,6H2,(H,16,17). The van der Waals surface area contributed by atoms with Gasteiger partial charge in [-0.05, 0) is 25.3 Å². The fourth-order valence-electron chi connectivity index (χ4n) is 2.94. The van der Waals surface area contributed by atoms with Crippen LogP contribution in [0.25, 0.3) is 0 Å². The molecule has 0 saturated carbocycles. The maximum atomic E-state index is 11.2. The zero-order chi connectivity index (χ0) is 14.3. The number of rotatable bonds is 4. The number of carboxylic acids is 1. The van der Waals surface area contributed by atoms with Crippen LogP contribution >= 0.6 is 0 Å². The first kappa shape index (κ1) is 12.9. The van der Waals surface area contributed by atoms with Crippen molar-refractivity contribution in [3.63, 3.8) is 0 Å². The van der Waals surface area contributed by atoms with E-state index in [1.54, 1.807) is 0 Å². The van der Waals surface area contributed by atoms with Gasteiger partial charge >= 0.3 is 5.97 Å². The van der Waals surface area contributed by atoms with Crippen molar-refractivity contribution in [2.75, 3.05) is 5.32 Å². The maximum absolute atomic E-state index is 11.2. The molecule has 0 radical (unpaired) electrons. The molecule has 106 valence electrons. The van der Waals surface area contributed by atoms with Crippen molar-refractivity contribution in [1.82, 2.24) is 0 Å². The molecular weight excluding hydrogens is 264 g/mol. The molecule has 1 aromatic rings. The molecule has 0 aliphatic carbocycles. The van der Waals surface area contributed by atoms with E-state index in [4.69, 9.17) is 9.84 Å². The van der Waals surface area contributed by atoms with E-state index in [9.17, 15) is 14.9 Å². The first-order chi connectivity index (χ1) is 9.54. The lowest BCUT2D eigenvalue weighted by Crippen LogP contribution is -2.31. The molecule has 0 aromatic heterocycles. The zero-order valence-corrected chi connectivity index (χ0v) is 10.6. The lowest BCUT2D eigenvalue weighted by Gasteiger charge is -2.22. The number of aromatic carboxylic acids is 1. The summed E-state index contributed by atoms with van der Waals surface area (Å²) < 4.78 is 5.69. The summed E-state index contributed by atoms with van der Waals surface area (Å²) in [7, 11) is 0. The second-order valence-corrected chi connectivity index (χ2v) is 5.15. The minimum atomic E-state index is -1.11. The minimum absolute atomic E-state index is 0.0221. The summed E-state index contributed by atoms with van der Waals surface area (Å²) >= 11 is 0. The van der Waals surface area contributed by atoms with Crippen LogP contribution in [0.2, 0.25) is 0 Å². The van der Waals surface area contributed by atoms with Crippen LogP contribution in [-0.2, 0) is 4.74 Å². The molecular formula is C13H14N2O5. The molecule has 2 aliphatic rings. The Morgan fingerprint density at radius 1 is 1.45 bits per heavy atom. The Labute approximate surface area is 114 Å². The molecule has 2 fully saturated rings. The summed E-state index contributed by atoms with van der Waals surface area (Å²) in [5, 5.41) is 23.1. The fraction of sp³-hybridized carbons (Fsp3) is 0.462. The van der Waals surface area contributed by atoms with E-state index in [0.29, 0.717) is 0 Å². The van der Waals surface area contributed by atoms with Gasteiger partial charge in [-0.3, -0.25) is 10.1 Å². The van der Waals surface area contributed by atoms with Gasteiger partial charge in [-0.15, -0.1) is 0 Å². The molecule has 2 N–H and O–H groups in total. The zero-order valence-electron chi connectivity index (χ0n) is 10.6. The first-order valence-electron chi connectivity index (χ1n) is 6.48. The van der Waals surface area contributed by atoms with Gasteiger partial charge in [0, 0.05) is 12.1 Å². The van der Waals surface area contributed by atoms with Crippen LogP contribution in [0.5, 0.6) is 0 Å². The predicted molar refractivity (Wildman–Crippen MR) is 70.0 cm³/mol. The number of benzene rings is 1.